The van der Waals surface area contributed by atoms with Gasteiger partial charge in [-0.3, -0.25) is 4.79 Å². The zero-order valence-corrected chi connectivity index (χ0v) is 19.8. The number of hydrogen-bond acceptors (Lipinski definition) is 7. The highest BCUT2D eigenvalue weighted by Gasteiger charge is 2.30. The number of aryl methyl sites for hydroxylation is 1. The van der Waals surface area contributed by atoms with Crippen LogP contribution in [0.25, 0.3) is 0 Å². The molecular formula is C22H26N4O4S2. The Morgan fingerprint density at radius 2 is 1.78 bits per heavy atom. The van der Waals surface area contributed by atoms with Gasteiger partial charge in [0.15, 0.2) is 0 Å². The number of nitrogens with one attached hydrogen (secondary N) is 1. The van der Waals surface area contributed by atoms with Crippen LogP contribution in [-0.4, -0.2) is 37.0 Å². The maximum atomic E-state index is 13.3. The van der Waals surface area contributed by atoms with Crippen LogP contribution in [-0.2, 0) is 27.6 Å². The SMILES string of the molecule is CCSc1nn(CC(=O)Nc2ccc(CC)cc2)c(N)c1S(=O)(=O)c1ccc(OC)cc1. The summed E-state index contributed by atoms with van der Waals surface area (Å²) >= 11 is 1.25. The molecule has 0 radical (unpaired) electrons. The fraction of sp³-hybridized carbons (Fsp3) is 0.273. The third-order valence-corrected chi connectivity index (χ3v) is 7.59. The molecule has 0 bridgehead atoms. The largest absolute Gasteiger partial charge is 0.497 e. The summed E-state index contributed by atoms with van der Waals surface area (Å²) in [5.41, 5.74) is 8.00. The Balaban J connectivity index is 1.89. The lowest BCUT2D eigenvalue weighted by molar-refractivity contribution is -0.116. The van der Waals surface area contributed by atoms with E-state index in [-0.39, 0.29) is 33.1 Å². The number of nitrogens with two attached hydrogens (primary N) is 1. The van der Waals surface area contributed by atoms with Crippen LogP contribution in [0.1, 0.15) is 19.4 Å². The average Bonchev–Trinajstić information content (AvgIpc) is 3.09. The number of carbonyl (C=O) groups excluding carboxylic acids is 1. The molecule has 0 spiro atoms. The van der Waals surface area contributed by atoms with Gasteiger partial charge >= 0.3 is 0 Å². The first-order valence-corrected chi connectivity index (χ1v) is 12.5. The number of nitrogen functional groups attached to an aromatic ring is 1. The second kappa shape index (κ2) is 10.1. The fourth-order valence-corrected chi connectivity index (χ4v) is 5.63. The highest BCUT2D eigenvalue weighted by Crippen LogP contribution is 2.35. The predicted octanol–water partition coefficient (Wildman–Crippen LogP) is 3.62. The predicted molar refractivity (Wildman–Crippen MR) is 126 cm³/mol. The van der Waals surface area contributed by atoms with E-state index in [1.807, 2.05) is 31.2 Å². The molecule has 0 saturated carbocycles. The summed E-state index contributed by atoms with van der Waals surface area (Å²) in [6.45, 7) is 3.73. The Hall–Kier alpha value is -2.98. The molecule has 0 fully saturated rings. The van der Waals surface area contributed by atoms with Crippen LogP contribution in [0, 0.1) is 0 Å². The van der Waals surface area contributed by atoms with Crippen molar-refractivity contribution in [3.63, 3.8) is 0 Å². The topological polar surface area (TPSA) is 116 Å². The van der Waals surface area contributed by atoms with Crippen molar-refractivity contribution < 1.29 is 17.9 Å². The van der Waals surface area contributed by atoms with E-state index >= 15 is 0 Å². The molecule has 1 amide bonds. The fourth-order valence-electron chi connectivity index (χ4n) is 3.07. The standard InChI is InChI=1S/C22H26N4O4S2/c1-4-15-6-8-16(9-7-15)24-19(27)14-26-21(23)20(22(25-26)31-5-2)32(28,29)18-12-10-17(30-3)11-13-18/h6-13H,4-5,14,23H2,1-3H3,(H,24,27). The number of thioether (sulfide) groups is 1. The number of rotatable bonds is 9. The molecule has 8 nitrogen and oxygen atoms in total. The number of amides is 1. The van der Waals surface area contributed by atoms with Gasteiger partial charge in [0.1, 0.15) is 28.0 Å². The average molecular weight is 475 g/mol. The van der Waals surface area contributed by atoms with Gasteiger partial charge in [0.05, 0.1) is 12.0 Å². The molecule has 0 unspecified atom stereocenters. The van der Waals surface area contributed by atoms with Crippen LogP contribution < -0.4 is 15.8 Å². The van der Waals surface area contributed by atoms with Gasteiger partial charge in [-0.05, 0) is 54.1 Å². The molecule has 10 heteroatoms. The van der Waals surface area contributed by atoms with Crippen LogP contribution in [0.2, 0.25) is 0 Å². The molecule has 0 aliphatic heterocycles. The molecule has 32 heavy (non-hydrogen) atoms. The molecule has 1 aromatic heterocycles. The number of methoxy groups -OCH3 is 1. The van der Waals surface area contributed by atoms with Crippen LogP contribution in [0.4, 0.5) is 11.5 Å². The highest BCUT2D eigenvalue weighted by molar-refractivity contribution is 8.00. The number of anilines is 2. The summed E-state index contributed by atoms with van der Waals surface area (Å²) in [5, 5.41) is 7.38. The minimum Gasteiger partial charge on any atom is -0.497 e. The first kappa shape index (κ1) is 23.7. The summed E-state index contributed by atoms with van der Waals surface area (Å²) in [6, 6.07) is 13.6. The van der Waals surface area contributed by atoms with Crippen LogP contribution in [0.5, 0.6) is 5.75 Å². The van der Waals surface area contributed by atoms with Gasteiger partial charge in [0.2, 0.25) is 15.7 Å². The number of benzene rings is 2. The number of ether oxygens (including phenoxy) is 1. The molecule has 1 heterocycles. The summed E-state index contributed by atoms with van der Waals surface area (Å²) in [7, 11) is -2.44. The van der Waals surface area contributed by atoms with Crippen molar-refractivity contribution in [2.45, 2.75) is 41.6 Å². The van der Waals surface area contributed by atoms with E-state index in [4.69, 9.17) is 10.5 Å². The van der Waals surface area contributed by atoms with Gasteiger partial charge in [-0.25, -0.2) is 13.1 Å². The van der Waals surface area contributed by atoms with E-state index in [1.165, 1.54) is 35.7 Å². The van der Waals surface area contributed by atoms with Crippen molar-refractivity contribution in [1.82, 2.24) is 9.78 Å². The van der Waals surface area contributed by atoms with Gasteiger partial charge in [-0.2, -0.15) is 5.10 Å². The molecule has 0 aliphatic carbocycles. The summed E-state index contributed by atoms with van der Waals surface area (Å²) in [5.74, 6) is 0.704. The summed E-state index contributed by atoms with van der Waals surface area (Å²) in [6.07, 6.45) is 0.904. The van der Waals surface area contributed by atoms with E-state index < -0.39 is 9.84 Å². The van der Waals surface area contributed by atoms with Gasteiger partial charge in [0.25, 0.3) is 0 Å². The number of nitrogens with zero attached hydrogens (tertiary/aromatic N) is 2. The van der Waals surface area contributed by atoms with E-state index in [2.05, 4.69) is 17.3 Å². The molecule has 170 valence electrons. The lowest BCUT2D eigenvalue weighted by Gasteiger charge is -2.08. The minimum atomic E-state index is -3.95. The normalized spacial score (nSPS) is 11.3. The van der Waals surface area contributed by atoms with Gasteiger partial charge in [-0.1, -0.05) is 26.0 Å². The highest BCUT2D eigenvalue weighted by atomic mass is 32.2. The first-order chi connectivity index (χ1) is 15.3. The lowest BCUT2D eigenvalue weighted by Crippen LogP contribution is -2.21. The van der Waals surface area contributed by atoms with Crippen molar-refractivity contribution in [2.24, 2.45) is 0 Å². The van der Waals surface area contributed by atoms with E-state index in [0.717, 1.165) is 12.0 Å². The second-order valence-corrected chi connectivity index (χ2v) is 10.0. The smallest absolute Gasteiger partial charge is 0.246 e. The summed E-state index contributed by atoms with van der Waals surface area (Å²) in [4.78, 5) is 12.5. The van der Waals surface area contributed by atoms with Gasteiger partial charge < -0.3 is 15.8 Å². The Morgan fingerprint density at radius 1 is 1.12 bits per heavy atom. The zero-order chi connectivity index (χ0) is 23.3. The molecule has 3 rings (SSSR count). The van der Waals surface area contributed by atoms with Gasteiger partial charge in [0, 0.05) is 5.69 Å². The third kappa shape index (κ3) is 5.08. The molecule has 2 aromatic carbocycles. The van der Waals surface area contributed by atoms with Crippen molar-refractivity contribution in [2.75, 3.05) is 23.9 Å². The number of aromatic nitrogens is 2. The molecule has 0 aliphatic rings. The molecule has 0 atom stereocenters. The molecule has 0 saturated heterocycles. The number of sulfone groups is 1. The van der Waals surface area contributed by atoms with Crippen LogP contribution >= 0.6 is 11.8 Å². The van der Waals surface area contributed by atoms with Crippen LogP contribution in [0.3, 0.4) is 0 Å². The third-order valence-electron chi connectivity index (χ3n) is 4.78. The minimum absolute atomic E-state index is 0.0722. The Bertz CT molecular complexity index is 1190. The van der Waals surface area contributed by atoms with E-state index in [0.29, 0.717) is 17.2 Å². The Kier molecular flexibility index (Phi) is 7.47. The lowest BCUT2D eigenvalue weighted by atomic mass is 10.1. The maximum Gasteiger partial charge on any atom is 0.246 e. The Labute approximate surface area is 192 Å². The summed E-state index contributed by atoms with van der Waals surface area (Å²) < 4.78 is 32.9. The van der Waals surface area contributed by atoms with Crippen LogP contribution in [0.15, 0.2) is 63.3 Å². The van der Waals surface area contributed by atoms with E-state index in [9.17, 15) is 13.2 Å². The molecule has 3 N–H and O–H groups in total. The quantitative estimate of drug-likeness (QED) is 0.455. The Morgan fingerprint density at radius 3 is 2.34 bits per heavy atom. The van der Waals surface area contributed by atoms with Crippen molar-refractivity contribution in [3.8, 4) is 5.75 Å². The first-order valence-electron chi connectivity index (χ1n) is 10.1. The molecule has 3 aromatic rings. The number of hydrogen-bond donors (Lipinski definition) is 2. The number of carbonyl (C=O) groups is 1. The zero-order valence-electron chi connectivity index (χ0n) is 18.2. The molecular weight excluding hydrogens is 448 g/mol. The van der Waals surface area contributed by atoms with E-state index in [1.54, 1.807) is 12.1 Å². The van der Waals surface area contributed by atoms with Gasteiger partial charge in [-0.15, -0.1) is 11.8 Å². The van der Waals surface area contributed by atoms with Crippen molar-refractivity contribution in [3.05, 3.63) is 54.1 Å². The van der Waals surface area contributed by atoms with Crippen molar-refractivity contribution in [1.29, 1.82) is 0 Å². The maximum absolute atomic E-state index is 13.3. The monoisotopic (exact) mass is 474 g/mol. The second-order valence-electron chi connectivity index (χ2n) is 6.89. The van der Waals surface area contributed by atoms with Crippen molar-refractivity contribution >= 4 is 39.0 Å².